The Kier molecular flexibility index (Phi) is 6.78. The van der Waals surface area contributed by atoms with Gasteiger partial charge < -0.3 is 10.1 Å². The topological polar surface area (TPSA) is 68.5 Å². The number of benzene rings is 3. The SMILES string of the molecule is CC(C)(C)OC(=O)NC1(c2ccc(-c3nc4c(-c5ccc(F)cc5)cc(Cl)nn4c3-c3ccccc3)cc2)CCC1. The van der Waals surface area contributed by atoms with Crippen molar-refractivity contribution in [3.05, 3.63) is 101 Å². The lowest BCUT2D eigenvalue weighted by Gasteiger charge is -2.43. The maximum atomic E-state index is 13.7. The van der Waals surface area contributed by atoms with Gasteiger partial charge in [0.1, 0.15) is 17.1 Å². The molecule has 41 heavy (non-hydrogen) atoms. The van der Waals surface area contributed by atoms with Crippen LogP contribution in [0.3, 0.4) is 0 Å². The lowest BCUT2D eigenvalue weighted by molar-refractivity contribution is 0.0377. The third kappa shape index (κ3) is 5.30. The molecule has 1 aliphatic rings. The van der Waals surface area contributed by atoms with E-state index >= 15 is 0 Å². The smallest absolute Gasteiger partial charge is 0.408 e. The zero-order valence-electron chi connectivity index (χ0n) is 23.1. The van der Waals surface area contributed by atoms with Crippen molar-refractivity contribution < 1.29 is 13.9 Å². The number of aromatic nitrogens is 3. The molecular weight excluding hydrogens is 539 g/mol. The Labute approximate surface area is 243 Å². The number of ether oxygens (including phenoxy) is 1. The molecule has 1 amide bonds. The molecule has 0 radical (unpaired) electrons. The molecule has 2 aromatic heterocycles. The first-order valence-corrected chi connectivity index (χ1v) is 14.0. The van der Waals surface area contributed by atoms with E-state index in [1.54, 1.807) is 22.7 Å². The van der Waals surface area contributed by atoms with Gasteiger partial charge in [-0.25, -0.2) is 18.7 Å². The van der Waals surface area contributed by atoms with E-state index in [1.165, 1.54) is 12.1 Å². The zero-order chi connectivity index (χ0) is 28.8. The molecule has 1 N–H and O–H groups in total. The summed E-state index contributed by atoms with van der Waals surface area (Å²) < 4.78 is 21.0. The first kappa shape index (κ1) is 27.0. The Hall–Kier alpha value is -4.23. The second-order valence-electron chi connectivity index (χ2n) is 11.4. The summed E-state index contributed by atoms with van der Waals surface area (Å²) in [7, 11) is 0. The lowest BCUT2D eigenvalue weighted by Crippen LogP contribution is -2.52. The summed E-state index contributed by atoms with van der Waals surface area (Å²) in [4.78, 5) is 17.7. The van der Waals surface area contributed by atoms with Gasteiger partial charge in [0.15, 0.2) is 10.8 Å². The van der Waals surface area contributed by atoms with Crippen LogP contribution in [0, 0.1) is 5.82 Å². The first-order chi connectivity index (χ1) is 19.6. The van der Waals surface area contributed by atoms with E-state index in [-0.39, 0.29) is 5.82 Å². The molecule has 0 atom stereocenters. The number of halogens is 2. The van der Waals surface area contributed by atoms with Crippen LogP contribution in [0.5, 0.6) is 0 Å². The Morgan fingerprint density at radius 1 is 0.951 bits per heavy atom. The summed E-state index contributed by atoms with van der Waals surface area (Å²) in [6, 6.07) is 26.1. The lowest BCUT2D eigenvalue weighted by atomic mass is 9.71. The number of imidazole rings is 1. The average Bonchev–Trinajstić information content (AvgIpc) is 3.30. The number of nitrogens with one attached hydrogen (secondary N) is 1. The average molecular weight is 569 g/mol. The fraction of sp³-hybridized carbons (Fsp3) is 0.242. The molecule has 5 aromatic rings. The largest absolute Gasteiger partial charge is 0.444 e. The maximum absolute atomic E-state index is 13.7. The minimum absolute atomic E-state index is 0.299. The maximum Gasteiger partial charge on any atom is 0.408 e. The predicted molar refractivity (Wildman–Crippen MR) is 159 cm³/mol. The molecule has 6 nitrogen and oxygen atoms in total. The van der Waals surface area contributed by atoms with Crippen LogP contribution < -0.4 is 5.32 Å². The van der Waals surface area contributed by atoms with Gasteiger partial charge in [0.05, 0.1) is 11.2 Å². The molecule has 208 valence electrons. The van der Waals surface area contributed by atoms with Crippen LogP contribution in [0.4, 0.5) is 9.18 Å². The van der Waals surface area contributed by atoms with Crippen LogP contribution in [-0.2, 0) is 10.3 Å². The van der Waals surface area contributed by atoms with Gasteiger partial charge in [-0.1, -0.05) is 78.3 Å². The molecular formula is C33H30ClFN4O2. The van der Waals surface area contributed by atoms with Gasteiger partial charge in [-0.2, -0.15) is 5.10 Å². The van der Waals surface area contributed by atoms with E-state index in [1.807, 2.05) is 75.4 Å². The highest BCUT2D eigenvalue weighted by Gasteiger charge is 2.41. The number of fused-ring (bicyclic) bond motifs is 1. The summed E-state index contributed by atoms with van der Waals surface area (Å²) in [5.41, 5.74) is 5.51. The van der Waals surface area contributed by atoms with Crippen molar-refractivity contribution in [1.82, 2.24) is 19.9 Å². The highest BCUT2D eigenvalue weighted by atomic mass is 35.5. The van der Waals surface area contributed by atoms with Crippen molar-refractivity contribution >= 4 is 23.3 Å². The third-order valence-corrected chi connectivity index (χ3v) is 7.60. The monoisotopic (exact) mass is 568 g/mol. The summed E-state index contributed by atoms with van der Waals surface area (Å²) in [5, 5.41) is 8.05. The zero-order valence-corrected chi connectivity index (χ0v) is 23.9. The van der Waals surface area contributed by atoms with Gasteiger partial charge in [0.25, 0.3) is 0 Å². The molecule has 0 aliphatic heterocycles. The molecule has 3 aromatic carbocycles. The van der Waals surface area contributed by atoms with Crippen molar-refractivity contribution in [2.75, 3.05) is 0 Å². The molecule has 1 saturated carbocycles. The van der Waals surface area contributed by atoms with E-state index < -0.39 is 17.2 Å². The Bertz CT molecular complexity index is 1720. The Morgan fingerprint density at radius 3 is 2.22 bits per heavy atom. The number of hydrogen-bond acceptors (Lipinski definition) is 4. The molecule has 0 spiro atoms. The van der Waals surface area contributed by atoms with Gasteiger partial charge in [-0.3, -0.25) is 0 Å². The second-order valence-corrected chi connectivity index (χ2v) is 11.8. The molecule has 1 aliphatic carbocycles. The van der Waals surface area contributed by atoms with Crippen LogP contribution >= 0.6 is 11.6 Å². The molecule has 0 saturated heterocycles. The molecule has 6 rings (SSSR count). The molecule has 0 unspecified atom stereocenters. The standard InChI is InChI=1S/C33H30ClFN4O2/c1-32(2,3)41-31(40)37-33(18-7-19-33)24-14-10-22(11-15-24)28-29(23-8-5-4-6-9-23)39-30(36-28)26(20-27(34)38-39)21-12-16-25(35)17-13-21/h4-6,8-17,20H,7,18-19H2,1-3H3,(H,37,40). The third-order valence-electron chi connectivity index (χ3n) is 7.42. The van der Waals surface area contributed by atoms with Crippen LogP contribution in [0.25, 0.3) is 39.3 Å². The van der Waals surface area contributed by atoms with Crippen molar-refractivity contribution in [3.8, 4) is 33.6 Å². The van der Waals surface area contributed by atoms with Crippen LogP contribution in [0.2, 0.25) is 5.15 Å². The minimum Gasteiger partial charge on any atom is -0.444 e. The number of amides is 1. The summed E-state index contributed by atoms with van der Waals surface area (Å²) >= 11 is 6.52. The summed E-state index contributed by atoms with van der Waals surface area (Å²) in [5.74, 6) is -0.315. The highest BCUT2D eigenvalue weighted by Crippen LogP contribution is 2.43. The Balaban J connectivity index is 1.45. The highest BCUT2D eigenvalue weighted by molar-refractivity contribution is 6.29. The number of nitrogens with zero attached hydrogens (tertiary/aromatic N) is 3. The fourth-order valence-electron chi connectivity index (χ4n) is 5.35. The van der Waals surface area contributed by atoms with Gasteiger partial charge in [0.2, 0.25) is 0 Å². The van der Waals surface area contributed by atoms with Crippen molar-refractivity contribution in [2.24, 2.45) is 0 Å². The Morgan fingerprint density at radius 2 is 1.61 bits per heavy atom. The van der Waals surface area contributed by atoms with Crippen molar-refractivity contribution in [2.45, 2.75) is 51.2 Å². The molecule has 2 heterocycles. The first-order valence-electron chi connectivity index (χ1n) is 13.6. The van der Waals surface area contributed by atoms with Crippen LogP contribution in [0.15, 0.2) is 84.9 Å². The van der Waals surface area contributed by atoms with Gasteiger partial charge >= 0.3 is 6.09 Å². The fourth-order valence-corrected chi connectivity index (χ4v) is 5.54. The minimum atomic E-state index is -0.570. The van der Waals surface area contributed by atoms with Gasteiger partial charge in [-0.05, 0) is 69.4 Å². The van der Waals surface area contributed by atoms with Gasteiger partial charge in [-0.15, -0.1) is 0 Å². The summed E-state index contributed by atoms with van der Waals surface area (Å²) in [6.45, 7) is 5.58. The second kappa shape index (κ2) is 10.3. The van der Waals surface area contributed by atoms with E-state index in [0.717, 1.165) is 58.5 Å². The van der Waals surface area contributed by atoms with E-state index in [0.29, 0.717) is 10.8 Å². The van der Waals surface area contributed by atoms with E-state index in [9.17, 15) is 9.18 Å². The van der Waals surface area contributed by atoms with Crippen LogP contribution in [-0.4, -0.2) is 26.3 Å². The predicted octanol–water partition coefficient (Wildman–Crippen LogP) is 8.43. The molecule has 0 bridgehead atoms. The normalized spacial score (nSPS) is 14.5. The molecule has 8 heteroatoms. The van der Waals surface area contributed by atoms with Crippen molar-refractivity contribution in [1.29, 1.82) is 0 Å². The number of rotatable bonds is 5. The van der Waals surface area contributed by atoms with Crippen molar-refractivity contribution in [3.63, 3.8) is 0 Å². The van der Waals surface area contributed by atoms with E-state index in [4.69, 9.17) is 21.3 Å². The van der Waals surface area contributed by atoms with E-state index in [2.05, 4.69) is 10.4 Å². The molecule has 1 fully saturated rings. The number of carbonyl (C=O) groups excluding carboxylic acids is 1. The van der Waals surface area contributed by atoms with Gasteiger partial charge in [0, 0.05) is 16.7 Å². The van der Waals surface area contributed by atoms with Crippen LogP contribution in [0.1, 0.15) is 45.6 Å². The number of hydrogen-bond donors (Lipinski definition) is 1. The summed E-state index contributed by atoms with van der Waals surface area (Å²) in [6.07, 6.45) is 2.31. The number of alkyl carbamates (subject to hydrolysis) is 1. The number of carbonyl (C=O) groups is 1. The quantitative estimate of drug-likeness (QED) is 0.231.